The number of halogens is 3. The molecule has 0 atom stereocenters. The molecule has 0 unspecified atom stereocenters. The van der Waals surface area contributed by atoms with Crippen molar-refractivity contribution in [3.8, 4) is 11.3 Å². The maximum atomic E-state index is 12.8. The molecule has 0 saturated carbocycles. The summed E-state index contributed by atoms with van der Waals surface area (Å²) < 4.78 is 43.4. The summed E-state index contributed by atoms with van der Waals surface area (Å²) in [4.78, 5) is 20.6. The average molecular weight is 299 g/mol. The molecule has 0 amide bonds. The molecule has 8 heteroatoms. The van der Waals surface area contributed by atoms with E-state index in [1.807, 2.05) is 0 Å². The first-order valence-electron chi connectivity index (χ1n) is 5.65. The standard InChI is InChI=1S/C13H8F3NO4/c1-7-4-9(12-3-2-8(6-18)21-12)11(17(19)20)5-10(7)13(14,15)16/h2-6H,1H3. The summed E-state index contributed by atoms with van der Waals surface area (Å²) in [6.07, 6.45) is -4.29. The van der Waals surface area contributed by atoms with Crippen molar-refractivity contribution in [3.05, 3.63) is 51.3 Å². The van der Waals surface area contributed by atoms with Crippen molar-refractivity contribution in [1.82, 2.24) is 0 Å². The van der Waals surface area contributed by atoms with Gasteiger partial charge < -0.3 is 4.42 Å². The average Bonchev–Trinajstić information content (AvgIpc) is 2.85. The number of rotatable bonds is 3. The minimum absolute atomic E-state index is 0.0411. The SMILES string of the molecule is Cc1cc(-c2ccc(C=O)o2)c([N+](=O)[O-])cc1C(F)(F)F. The van der Waals surface area contributed by atoms with Crippen molar-refractivity contribution in [2.75, 3.05) is 0 Å². The van der Waals surface area contributed by atoms with E-state index in [0.717, 1.165) is 6.07 Å². The Hall–Kier alpha value is -2.64. The number of nitrogens with zero attached hydrogens (tertiary/aromatic N) is 1. The fraction of sp³-hybridized carbons (Fsp3) is 0.154. The Balaban J connectivity index is 2.68. The zero-order valence-corrected chi connectivity index (χ0v) is 10.6. The van der Waals surface area contributed by atoms with Crippen LogP contribution in [-0.4, -0.2) is 11.2 Å². The Bertz CT molecular complexity index is 719. The van der Waals surface area contributed by atoms with E-state index >= 15 is 0 Å². The smallest absolute Gasteiger partial charge is 0.416 e. The van der Waals surface area contributed by atoms with Gasteiger partial charge in [-0.25, -0.2) is 0 Å². The maximum Gasteiger partial charge on any atom is 0.416 e. The highest BCUT2D eigenvalue weighted by molar-refractivity contribution is 5.76. The number of carbonyl (C=O) groups excluding carboxylic acids is 1. The number of benzene rings is 1. The lowest BCUT2D eigenvalue weighted by molar-refractivity contribution is -0.384. The molecular weight excluding hydrogens is 291 g/mol. The first kappa shape index (κ1) is 14.8. The quantitative estimate of drug-likeness (QED) is 0.488. The molecule has 1 aromatic heterocycles. The van der Waals surface area contributed by atoms with Crippen LogP contribution >= 0.6 is 0 Å². The second-order valence-electron chi connectivity index (χ2n) is 4.26. The molecule has 2 rings (SSSR count). The van der Waals surface area contributed by atoms with E-state index in [0.29, 0.717) is 12.4 Å². The largest absolute Gasteiger partial charge is 0.453 e. The number of hydrogen-bond acceptors (Lipinski definition) is 4. The molecule has 0 spiro atoms. The van der Waals surface area contributed by atoms with Crippen LogP contribution in [0.4, 0.5) is 18.9 Å². The van der Waals surface area contributed by atoms with E-state index in [9.17, 15) is 28.1 Å². The van der Waals surface area contributed by atoms with Crippen LogP contribution in [0.15, 0.2) is 28.7 Å². The van der Waals surface area contributed by atoms with Crippen molar-refractivity contribution in [2.45, 2.75) is 13.1 Å². The summed E-state index contributed by atoms with van der Waals surface area (Å²) in [5.74, 6) is -0.113. The minimum atomic E-state index is -4.69. The molecule has 1 aromatic carbocycles. The molecule has 5 nitrogen and oxygen atoms in total. The van der Waals surface area contributed by atoms with E-state index in [-0.39, 0.29) is 22.6 Å². The highest BCUT2D eigenvalue weighted by atomic mass is 19.4. The third kappa shape index (κ3) is 2.78. The summed E-state index contributed by atoms with van der Waals surface area (Å²) in [6.45, 7) is 1.19. The lowest BCUT2D eigenvalue weighted by atomic mass is 10.0. The zero-order valence-electron chi connectivity index (χ0n) is 10.6. The van der Waals surface area contributed by atoms with Gasteiger partial charge in [0.05, 0.1) is 16.1 Å². The second-order valence-corrected chi connectivity index (χ2v) is 4.26. The minimum Gasteiger partial charge on any atom is -0.453 e. The summed E-state index contributed by atoms with van der Waals surface area (Å²) in [6, 6.07) is 4.06. The molecular formula is C13H8F3NO4. The monoisotopic (exact) mass is 299 g/mol. The lowest BCUT2D eigenvalue weighted by Crippen LogP contribution is -2.08. The molecule has 0 aliphatic heterocycles. The van der Waals surface area contributed by atoms with Crippen molar-refractivity contribution in [2.24, 2.45) is 0 Å². The van der Waals surface area contributed by atoms with Gasteiger partial charge in [-0.1, -0.05) is 0 Å². The summed E-state index contributed by atoms with van der Waals surface area (Å²) >= 11 is 0. The van der Waals surface area contributed by atoms with E-state index in [1.54, 1.807) is 0 Å². The fourth-order valence-corrected chi connectivity index (χ4v) is 1.91. The number of carbonyl (C=O) groups is 1. The lowest BCUT2D eigenvalue weighted by Gasteiger charge is -2.11. The fourth-order valence-electron chi connectivity index (χ4n) is 1.91. The molecule has 0 aliphatic rings. The van der Waals surface area contributed by atoms with Crippen LogP contribution < -0.4 is 0 Å². The third-order valence-corrected chi connectivity index (χ3v) is 2.85. The van der Waals surface area contributed by atoms with Gasteiger partial charge in [0.15, 0.2) is 12.0 Å². The van der Waals surface area contributed by atoms with Crippen molar-refractivity contribution in [1.29, 1.82) is 0 Å². The normalized spacial score (nSPS) is 11.4. The van der Waals surface area contributed by atoms with Gasteiger partial charge in [-0.2, -0.15) is 13.2 Å². The molecule has 0 N–H and O–H groups in total. The first-order chi connectivity index (χ1) is 9.74. The van der Waals surface area contributed by atoms with Crippen LogP contribution in [0.2, 0.25) is 0 Å². The number of aldehydes is 1. The summed E-state index contributed by atoms with van der Waals surface area (Å²) in [7, 11) is 0. The maximum absolute atomic E-state index is 12.8. The van der Waals surface area contributed by atoms with Gasteiger partial charge in [-0.05, 0) is 30.7 Å². The van der Waals surface area contributed by atoms with Gasteiger partial charge in [-0.15, -0.1) is 0 Å². The van der Waals surface area contributed by atoms with E-state index in [4.69, 9.17) is 4.42 Å². The molecule has 0 fully saturated rings. The Labute approximate surface area is 116 Å². The number of nitro benzene ring substituents is 1. The van der Waals surface area contributed by atoms with Crippen LogP contribution in [0, 0.1) is 17.0 Å². The highest BCUT2D eigenvalue weighted by Gasteiger charge is 2.35. The zero-order chi connectivity index (χ0) is 15.8. The number of hydrogen-bond donors (Lipinski definition) is 0. The second kappa shape index (κ2) is 5.04. The molecule has 1 heterocycles. The van der Waals surface area contributed by atoms with E-state index in [1.165, 1.54) is 19.1 Å². The van der Waals surface area contributed by atoms with Crippen LogP contribution in [0.3, 0.4) is 0 Å². The molecule has 0 bridgehead atoms. The van der Waals surface area contributed by atoms with Gasteiger partial charge in [0.25, 0.3) is 5.69 Å². The van der Waals surface area contributed by atoms with Gasteiger partial charge in [0.2, 0.25) is 0 Å². The predicted octanol–water partition coefficient (Wildman–Crippen LogP) is 3.99. The molecule has 0 saturated heterocycles. The Kier molecular flexibility index (Phi) is 3.54. The van der Waals surface area contributed by atoms with Gasteiger partial charge >= 0.3 is 6.18 Å². The summed E-state index contributed by atoms with van der Waals surface area (Å²) in [5.41, 5.74) is -2.11. The predicted molar refractivity (Wildman–Crippen MR) is 65.9 cm³/mol. The van der Waals surface area contributed by atoms with Gasteiger partial charge in [0.1, 0.15) is 5.76 Å². The van der Waals surface area contributed by atoms with Crippen molar-refractivity contribution in [3.63, 3.8) is 0 Å². The summed E-state index contributed by atoms with van der Waals surface area (Å²) in [5, 5.41) is 11.0. The van der Waals surface area contributed by atoms with Gasteiger partial charge in [-0.3, -0.25) is 14.9 Å². The molecule has 110 valence electrons. The Morgan fingerprint density at radius 1 is 1.29 bits per heavy atom. The van der Waals surface area contributed by atoms with E-state index < -0.39 is 22.4 Å². The first-order valence-corrected chi connectivity index (χ1v) is 5.65. The molecule has 0 aliphatic carbocycles. The van der Waals surface area contributed by atoms with Gasteiger partial charge in [0, 0.05) is 6.07 Å². The van der Waals surface area contributed by atoms with Crippen molar-refractivity contribution >= 4 is 12.0 Å². The highest BCUT2D eigenvalue weighted by Crippen LogP contribution is 2.39. The van der Waals surface area contributed by atoms with Crippen LogP contribution in [0.1, 0.15) is 21.7 Å². The number of alkyl halides is 3. The molecule has 0 radical (unpaired) electrons. The Morgan fingerprint density at radius 2 is 1.95 bits per heavy atom. The van der Waals surface area contributed by atoms with E-state index in [2.05, 4.69) is 0 Å². The molecule has 21 heavy (non-hydrogen) atoms. The number of nitro groups is 1. The third-order valence-electron chi connectivity index (χ3n) is 2.85. The topological polar surface area (TPSA) is 73.3 Å². The number of furan rings is 1. The van der Waals surface area contributed by atoms with Crippen molar-refractivity contribution < 1.29 is 27.3 Å². The Morgan fingerprint density at radius 3 is 2.43 bits per heavy atom. The number of aryl methyl sites for hydroxylation is 1. The molecule has 2 aromatic rings. The van der Waals surface area contributed by atoms with Crippen LogP contribution in [0.25, 0.3) is 11.3 Å². The van der Waals surface area contributed by atoms with Crippen LogP contribution in [0.5, 0.6) is 0 Å². The van der Waals surface area contributed by atoms with Crippen LogP contribution in [-0.2, 0) is 6.18 Å².